The largest absolute Gasteiger partial charge is 0.392 e. The number of pyridine rings is 1. The lowest BCUT2D eigenvalue weighted by Crippen LogP contribution is -2.32. The zero-order valence-corrected chi connectivity index (χ0v) is 11.6. The summed E-state index contributed by atoms with van der Waals surface area (Å²) in [6, 6.07) is 12.5. The van der Waals surface area contributed by atoms with E-state index in [0.29, 0.717) is 5.92 Å². The van der Waals surface area contributed by atoms with Gasteiger partial charge < -0.3 is 10.0 Å². The number of rotatable bonds is 3. The first-order chi connectivity index (χ1) is 9.86. The lowest BCUT2D eigenvalue weighted by molar-refractivity contribution is 0.282. The van der Waals surface area contributed by atoms with Crippen LogP contribution in [0.1, 0.15) is 29.9 Å². The normalized spacial score (nSPS) is 16.4. The third kappa shape index (κ3) is 2.83. The van der Waals surface area contributed by atoms with Gasteiger partial charge in [0.25, 0.3) is 0 Å². The Morgan fingerprint density at radius 1 is 1.10 bits per heavy atom. The van der Waals surface area contributed by atoms with E-state index in [1.807, 2.05) is 24.5 Å². The summed E-state index contributed by atoms with van der Waals surface area (Å²) in [4.78, 5) is 6.50. The molecule has 0 spiro atoms. The zero-order chi connectivity index (χ0) is 13.8. The molecule has 0 bridgehead atoms. The maximum Gasteiger partial charge on any atom is 0.0682 e. The van der Waals surface area contributed by atoms with Crippen molar-refractivity contribution in [1.82, 2.24) is 4.98 Å². The van der Waals surface area contributed by atoms with E-state index in [1.54, 1.807) is 0 Å². The Hall–Kier alpha value is -1.87. The monoisotopic (exact) mass is 268 g/mol. The first-order valence-electron chi connectivity index (χ1n) is 7.21. The van der Waals surface area contributed by atoms with Crippen LogP contribution in [0.5, 0.6) is 0 Å². The topological polar surface area (TPSA) is 36.4 Å². The van der Waals surface area contributed by atoms with Gasteiger partial charge in [0.1, 0.15) is 0 Å². The van der Waals surface area contributed by atoms with Gasteiger partial charge in [0.2, 0.25) is 0 Å². The molecule has 3 heteroatoms. The molecule has 20 heavy (non-hydrogen) atoms. The summed E-state index contributed by atoms with van der Waals surface area (Å²) >= 11 is 0. The van der Waals surface area contributed by atoms with Crippen molar-refractivity contribution in [3.63, 3.8) is 0 Å². The molecular formula is C17H20N2O. The highest BCUT2D eigenvalue weighted by molar-refractivity contribution is 5.49. The molecule has 1 fully saturated rings. The summed E-state index contributed by atoms with van der Waals surface area (Å²) < 4.78 is 0. The molecule has 1 N–H and O–H groups in total. The number of benzene rings is 1. The van der Waals surface area contributed by atoms with Crippen LogP contribution in [0, 0.1) is 0 Å². The van der Waals surface area contributed by atoms with Crippen LogP contribution in [0.3, 0.4) is 0 Å². The molecule has 104 valence electrons. The molecule has 0 saturated carbocycles. The molecule has 3 rings (SSSR count). The molecule has 2 heterocycles. The van der Waals surface area contributed by atoms with Gasteiger partial charge in [-0.3, -0.25) is 4.98 Å². The second-order valence-corrected chi connectivity index (χ2v) is 5.37. The van der Waals surface area contributed by atoms with E-state index >= 15 is 0 Å². The van der Waals surface area contributed by atoms with Crippen molar-refractivity contribution in [1.29, 1.82) is 0 Å². The van der Waals surface area contributed by atoms with Crippen molar-refractivity contribution in [2.45, 2.75) is 25.4 Å². The van der Waals surface area contributed by atoms with E-state index < -0.39 is 0 Å². The Balaban J connectivity index is 1.66. The minimum absolute atomic E-state index is 0.112. The molecule has 1 aliphatic rings. The number of hydrogen-bond donors (Lipinski definition) is 1. The number of anilines is 1. The predicted octanol–water partition coefficient (Wildman–Crippen LogP) is 2.96. The molecule has 0 unspecified atom stereocenters. The van der Waals surface area contributed by atoms with Gasteiger partial charge in [-0.25, -0.2) is 0 Å². The highest BCUT2D eigenvalue weighted by Gasteiger charge is 2.20. The van der Waals surface area contributed by atoms with E-state index in [-0.39, 0.29) is 6.61 Å². The predicted molar refractivity (Wildman–Crippen MR) is 80.8 cm³/mol. The summed E-state index contributed by atoms with van der Waals surface area (Å²) in [7, 11) is 0. The third-order valence-electron chi connectivity index (χ3n) is 4.13. The van der Waals surface area contributed by atoms with Crippen LogP contribution in [-0.2, 0) is 6.61 Å². The summed E-state index contributed by atoms with van der Waals surface area (Å²) in [6.45, 7) is 2.26. The van der Waals surface area contributed by atoms with Crippen LogP contribution in [0.15, 0.2) is 48.8 Å². The highest BCUT2D eigenvalue weighted by atomic mass is 16.3. The van der Waals surface area contributed by atoms with Crippen LogP contribution >= 0.6 is 0 Å². The van der Waals surface area contributed by atoms with Crippen molar-refractivity contribution in [2.24, 2.45) is 0 Å². The first kappa shape index (κ1) is 13.1. The fourth-order valence-corrected chi connectivity index (χ4v) is 2.96. The standard InChI is InChI=1S/C17H20N2O/c20-13-14-2-1-3-17(12-14)19-10-6-16(7-11-19)15-4-8-18-9-5-15/h1-5,8-9,12,16,20H,6-7,10-11,13H2. The maximum absolute atomic E-state index is 9.23. The van der Waals surface area contributed by atoms with Crippen LogP contribution in [0.4, 0.5) is 5.69 Å². The minimum Gasteiger partial charge on any atom is -0.392 e. The lowest BCUT2D eigenvalue weighted by atomic mass is 9.90. The van der Waals surface area contributed by atoms with Crippen molar-refractivity contribution >= 4 is 5.69 Å². The number of aliphatic hydroxyl groups excluding tert-OH is 1. The van der Waals surface area contributed by atoms with Gasteiger partial charge in [-0.15, -0.1) is 0 Å². The fourth-order valence-electron chi connectivity index (χ4n) is 2.96. The van der Waals surface area contributed by atoms with Gasteiger partial charge in [-0.2, -0.15) is 0 Å². The Morgan fingerprint density at radius 2 is 1.85 bits per heavy atom. The minimum atomic E-state index is 0.112. The second kappa shape index (κ2) is 6.06. The summed E-state index contributed by atoms with van der Waals surface area (Å²) in [5, 5.41) is 9.23. The number of aliphatic hydroxyl groups is 1. The lowest BCUT2D eigenvalue weighted by Gasteiger charge is -2.34. The van der Waals surface area contributed by atoms with Gasteiger partial charge in [-0.1, -0.05) is 12.1 Å². The van der Waals surface area contributed by atoms with E-state index in [4.69, 9.17) is 0 Å². The SMILES string of the molecule is OCc1cccc(N2CCC(c3ccncc3)CC2)c1. The van der Waals surface area contributed by atoms with Crippen LogP contribution in [0.25, 0.3) is 0 Å². The molecule has 2 aromatic rings. The van der Waals surface area contributed by atoms with Gasteiger partial charge in [0, 0.05) is 31.2 Å². The van der Waals surface area contributed by atoms with E-state index in [1.165, 1.54) is 24.1 Å². The molecule has 0 atom stereocenters. The number of piperidine rings is 1. The molecule has 1 aromatic carbocycles. The molecule has 1 saturated heterocycles. The number of aromatic nitrogens is 1. The van der Waals surface area contributed by atoms with Gasteiger partial charge in [0.15, 0.2) is 0 Å². The van der Waals surface area contributed by atoms with Crippen molar-refractivity contribution in [3.8, 4) is 0 Å². The van der Waals surface area contributed by atoms with Gasteiger partial charge >= 0.3 is 0 Å². The van der Waals surface area contributed by atoms with E-state index in [2.05, 4.69) is 34.1 Å². The fraction of sp³-hybridized carbons (Fsp3) is 0.353. The smallest absolute Gasteiger partial charge is 0.0682 e. The molecule has 0 amide bonds. The summed E-state index contributed by atoms with van der Waals surface area (Å²) in [5.41, 5.74) is 3.62. The third-order valence-corrected chi connectivity index (χ3v) is 4.13. The molecule has 1 aromatic heterocycles. The summed E-state index contributed by atoms with van der Waals surface area (Å²) in [6.07, 6.45) is 6.11. The van der Waals surface area contributed by atoms with Crippen LogP contribution < -0.4 is 4.90 Å². The Morgan fingerprint density at radius 3 is 2.55 bits per heavy atom. The Labute approximate surface area is 119 Å². The molecule has 1 aliphatic heterocycles. The van der Waals surface area contributed by atoms with Crippen LogP contribution in [0.2, 0.25) is 0 Å². The van der Waals surface area contributed by atoms with E-state index in [9.17, 15) is 5.11 Å². The number of nitrogens with zero attached hydrogens (tertiary/aromatic N) is 2. The Bertz CT molecular complexity index is 548. The molecule has 3 nitrogen and oxygen atoms in total. The average molecular weight is 268 g/mol. The summed E-state index contributed by atoms with van der Waals surface area (Å²) in [5.74, 6) is 0.648. The molecular weight excluding hydrogens is 248 g/mol. The average Bonchev–Trinajstić information content (AvgIpc) is 2.56. The second-order valence-electron chi connectivity index (χ2n) is 5.37. The van der Waals surface area contributed by atoms with E-state index in [0.717, 1.165) is 18.7 Å². The van der Waals surface area contributed by atoms with Crippen LogP contribution in [-0.4, -0.2) is 23.2 Å². The van der Waals surface area contributed by atoms with Crippen molar-refractivity contribution < 1.29 is 5.11 Å². The van der Waals surface area contributed by atoms with Crippen molar-refractivity contribution in [3.05, 3.63) is 59.9 Å². The van der Waals surface area contributed by atoms with Gasteiger partial charge in [0.05, 0.1) is 6.61 Å². The molecule has 0 aliphatic carbocycles. The maximum atomic E-state index is 9.23. The quantitative estimate of drug-likeness (QED) is 0.929. The highest BCUT2D eigenvalue weighted by Crippen LogP contribution is 2.30. The first-order valence-corrected chi connectivity index (χ1v) is 7.21. The molecule has 0 radical (unpaired) electrons. The van der Waals surface area contributed by atoms with Crippen molar-refractivity contribution in [2.75, 3.05) is 18.0 Å². The Kier molecular flexibility index (Phi) is 3.97. The van der Waals surface area contributed by atoms with Gasteiger partial charge in [-0.05, 0) is 54.2 Å². The zero-order valence-electron chi connectivity index (χ0n) is 11.6. The number of hydrogen-bond acceptors (Lipinski definition) is 3.